The Balaban J connectivity index is 0.00000167. The maximum atomic E-state index is 12.0. The molecule has 1 saturated carbocycles. The quantitative estimate of drug-likeness (QED) is 0.0776. The van der Waals surface area contributed by atoms with Crippen LogP contribution in [0.2, 0.25) is 0 Å². The zero-order chi connectivity index (χ0) is 45.3. The number of rotatable bonds is 11. The Morgan fingerprint density at radius 3 is 1.37 bits per heavy atom. The molecule has 0 aliphatic heterocycles. The molecular formula is C54H68CoN2O5P+. The molecule has 0 amide bonds. The number of phenolic OH excluding ortho intramolecular Hbond substituents is 2. The van der Waals surface area contributed by atoms with E-state index in [1.807, 2.05) is 12.4 Å². The van der Waals surface area contributed by atoms with Gasteiger partial charge < -0.3 is 20.4 Å². The van der Waals surface area contributed by atoms with Crippen LogP contribution in [0.4, 0.5) is 4.79 Å². The number of aromatic hydroxyl groups is 2. The smallest absolute Gasteiger partial charge is 0.503 e. The first-order valence-corrected chi connectivity index (χ1v) is 24.0. The number of aliphatic imine (C=N–C) groups is 2. The first kappa shape index (κ1) is 50.9. The Morgan fingerprint density at radius 2 is 0.984 bits per heavy atom. The summed E-state index contributed by atoms with van der Waals surface area (Å²) in [6.07, 6.45) is 8.72. The maximum absolute atomic E-state index is 12.0. The van der Waals surface area contributed by atoms with Crippen LogP contribution in [0.1, 0.15) is 128 Å². The Labute approximate surface area is 387 Å². The van der Waals surface area contributed by atoms with Gasteiger partial charge in [0.05, 0.1) is 18.2 Å². The standard InChI is InChI=1S/C53H65N2O2P.CH2O3.Co/c1-51(2,3)41-32-38(22-21-31-58(43-23-13-10-14-24-43,44-25-15-11-16-26-44)45-27-17-12-18-28-45)49(56)39(33-41)36-54-47-29-19-20-30-48(47)55-37-40-34-42(52(4,5)6)35-46(50(40)57)53(7,8)9;2-1(3)4;/h10-18,23-28,32-37,47-48H,19-22,29-31H2,1-9H3,(H-,54,55,56,57);(H2,2,3,4);/p+1. The summed E-state index contributed by atoms with van der Waals surface area (Å²) in [4.78, 5) is 18.9. The maximum Gasteiger partial charge on any atom is 0.503 e. The minimum atomic E-state index is -1.99. The van der Waals surface area contributed by atoms with Crippen molar-refractivity contribution in [2.24, 2.45) is 9.98 Å². The van der Waals surface area contributed by atoms with E-state index in [9.17, 15) is 10.2 Å². The van der Waals surface area contributed by atoms with Crippen LogP contribution >= 0.6 is 7.26 Å². The van der Waals surface area contributed by atoms with Crippen LogP contribution in [0.3, 0.4) is 0 Å². The largest absolute Gasteiger partial charge is 0.507 e. The van der Waals surface area contributed by atoms with Crippen molar-refractivity contribution >= 4 is 41.8 Å². The van der Waals surface area contributed by atoms with Crippen molar-refractivity contribution in [1.82, 2.24) is 0 Å². The second kappa shape index (κ2) is 21.8. The number of benzene rings is 5. The summed E-state index contributed by atoms with van der Waals surface area (Å²) in [6.45, 7) is 19.8. The molecule has 0 aromatic heterocycles. The van der Waals surface area contributed by atoms with Crippen molar-refractivity contribution in [2.45, 2.75) is 129 Å². The van der Waals surface area contributed by atoms with Crippen molar-refractivity contribution in [3.8, 4) is 11.5 Å². The van der Waals surface area contributed by atoms with Crippen LogP contribution in [0.25, 0.3) is 0 Å². The molecular weight excluding hydrogens is 847 g/mol. The number of phenols is 2. The molecule has 4 N–H and O–H groups in total. The predicted molar refractivity (Wildman–Crippen MR) is 263 cm³/mol. The fourth-order valence-electron chi connectivity index (χ4n) is 8.38. The normalized spacial score (nSPS) is 16.0. The molecule has 1 aliphatic carbocycles. The molecule has 6 rings (SSSR count). The van der Waals surface area contributed by atoms with E-state index in [4.69, 9.17) is 25.0 Å². The van der Waals surface area contributed by atoms with E-state index in [1.54, 1.807) is 0 Å². The molecule has 0 bridgehead atoms. The Bertz CT molecular complexity index is 2210. The molecule has 0 heterocycles. The van der Waals surface area contributed by atoms with Gasteiger partial charge >= 0.3 is 6.16 Å². The third kappa shape index (κ3) is 13.2. The second-order valence-electron chi connectivity index (χ2n) is 19.7. The van der Waals surface area contributed by atoms with Gasteiger partial charge in [0.2, 0.25) is 0 Å². The molecule has 5 aromatic carbocycles. The van der Waals surface area contributed by atoms with E-state index in [2.05, 4.69) is 178 Å². The van der Waals surface area contributed by atoms with Gasteiger partial charge in [0.1, 0.15) is 34.7 Å². The fourth-order valence-corrected chi connectivity index (χ4v) is 12.7. The van der Waals surface area contributed by atoms with Crippen LogP contribution in [-0.4, -0.2) is 57.3 Å². The summed E-state index contributed by atoms with van der Waals surface area (Å²) < 4.78 is 0. The molecule has 2 atom stereocenters. The van der Waals surface area contributed by atoms with Gasteiger partial charge in [-0.1, -0.05) is 142 Å². The van der Waals surface area contributed by atoms with Gasteiger partial charge in [-0.2, -0.15) is 0 Å². The summed E-state index contributed by atoms with van der Waals surface area (Å²) in [7, 11) is -1.99. The van der Waals surface area contributed by atoms with E-state index in [1.165, 1.54) is 27.0 Å². The average molecular weight is 915 g/mol. The third-order valence-corrected chi connectivity index (χ3v) is 16.5. The number of aryl methyl sites for hydroxylation is 1. The van der Waals surface area contributed by atoms with Crippen molar-refractivity contribution in [3.05, 3.63) is 149 Å². The van der Waals surface area contributed by atoms with Crippen molar-refractivity contribution in [1.29, 1.82) is 0 Å². The number of hydrogen-bond donors (Lipinski definition) is 4. The van der Waals surface area contributed by atoms with Crippen LogP contribution < -0.4 is 15.9 Å². The van der Waals surface area contributed by atoms with E-state index in [-0.39, 0.29) is 45.1 Å². The molecule has 0 saturated heterocycles. The van der Waals surface area contributed by atoms with Gasteiger partial charge in [0.15, 0.2) is 0 Å². The number of nitrogens with zero attached hydrogens (tertiary/aromatic N) is 2. The van der Waals surface area contributed by atoms with Crippen LogP contribution in [-0.2, 0) is 39.4 Å². The number of carboxylic acid groups (broad SMARTS) is 2. The van der Waals surface area contributed by atoms with Crippen LogP contribution in [0, 0.1) is 0 Å². The molecule has 63 heavy (non-hydrogen) atoms. The summed E-state index contributed by atoms with van der Waals surface area (Å²) >= 11 is 0. The third-order valence-electron chi connectivity index (χ3n) is 11.9. The van der Waals surface area contributed by atoms with Gasteiger partial charge in [-0.05, 0) is 107 Å². The zero-order valence-electron chi connectivity index (χ0n) is 38.6. The van der Waals surface area contributed by atoms with Gasteiger partial charge in [-0.3, -0.25) is 9.98 Å². The Morgan fingerprint density at radius 1 is 0.603 bits per heavy atom. The van der Waals surface area contributed by atoms with Gasteiger partial charge in [0.25, 0.3) is 0 Å². The van der Waals surface area contributed by atoms with Gasteiger partial charge in [-0.15, -0.1) is 0 Å². The average Bonchev–Trinajstić information content (AvgIpc) is 3.22. The van der Waals surface area contributed by atoms with Gasteiger partial charge in [-0.25, -0.2) is 4.79 Å². The number of hydrogen-bond acceptors (Lipinski definition) is 5. The SMILES string of the molecule is CC(C)(C)c1cc(C=NC2CCCCC2N=Cc2cc(C(C)(C)C)cc(C(C)(C)C)c2O)c(O)c(CCC[P+](c2ccccc2)(c2ccccc2)c2ccccc2)c1.O=C(O)O.[Co]. The van der Waals surface area contributed by atoms with Crippen LogP contribution in [0.15, 0.2) is 125 Å². The molecule has 9 heteroatoms. The number of carbonyl (C=O) groups is 1. The topological polar surface area (TPSA) is 123 Å². The molecule has 337 valence electrons. The molecule has 2 unspecified atom stereocenters. The Hall–Kier alpha value is -4.75. The van der Waals surface area contributed by atoms with Crippen molar-refractivity contribution < 1.29 is 42.0 Å². The summed E-state index contributed by atoms with van der Waals surface area (Å²) in [5, 5.41) is 41.5. The minimum Gasteiger partial charge on any atom is -0.507 e. The van der Waals surface area contributed by atoms with Gasteiger partial charge in [0, 0.05) is 45.9 Å². The first-order valence-electron chi connectivity index (χ1n) is 22.0. The Kier molecular flexibility index (Phi) is 17.6. The van der Waals surface area contributed by atoms with E-state index >= 15 is 0 Å². The second-order valence-corrected chi connectivity index (χ2v) is 23.3. The fraction of sp³-hybridized carbons (Fsp3) is 0.389. The summed E-state index contributed by atoms with van der Waals surface area (Å²) in [5.41, 5.74) is 5.47. The van der Waals surface area contributed by atoms with Crippen molar-refractivity contribution in [2.75, 3.05) is 6.16 Å². The molecule has 1 aliphatic rings. The first-order chi connectivity index (χ1) is 29.2. The predicted octanol–water partition coefficient (Wildman–Crippen LogP) is 12.0. The molecule has 5 aromatic rings. The minimum absolute atomic E-state index is 0. The summed E-state index contributed by atoms with van der Waals surface area (Å²) in [6, 6.07) is 41.7. The molecule has 1 radical (unpaired) electrons. The molecule has 7 nitrogen and oxygen atoms in total. The monoisotopic (exact) mass is 914 g/mol. The van der Waals surface area contributed by atoms with Crippen LogP contribution in [0.5, 0.6) is 11.5 Å². The van der Waals surface area contributed by atoms with Crippen molar-refractivity contribution in [3.63, 3.8) is 0 Å². The molecule has 1 fully saturated rings. The summed E-state index contributed by atoms with van der Waals surface area (Å²) in [5.74, 6) is 0.640. The zero-order valence-corrected chi connectivity index (χ0v) is 40.5. The van der Waals surface area contributed by atoms with E-state index in [0.717, 1.165) is 66.9 Å². The van der Waals surface area contributed by atoms with E-state index < -0.39 is 13.4 Å². The van der Waals surface area contributed by atoms with E-state index in [0.29, 0.717) is 11.5 Å². The molecule has 0 spiro atoms.